The zero-order chi connectivity index (χ0) is 13.3. The molecule has 2 aromatic rings. The second kappa shape index (κ2) is 5.11. The first kappa shape index (κ1) is 13.7. The summed E-state index contributed by atoms with van der Waals surface area (Å²) in [7, 11) is -3.77. The lowest BCUT2D eigenvalue weighted by atomic mass is 10.3. The van der Waals surface area contributed by atoms with Crippen LogP contribution < -0.4 is 10.5 Å². The maximum absolute atomic E-state index is 12.0. The first-order valence-electron chi connectivity index (χ1n) is 4.45. The average molecular weight is 414 g/mol. The topological polar surface area (TPSA) is 98.0 Å². The van der Waals surface area contributed by atoms with Gasteiger partial charge in [0.25, 0.3) is 14.4 Å². The Hall–Kier alpha value is -0.710. The number of hydrogen-bond donors (Lipinski definition) is 2. The van der Waals surface area contributed by atoms with Gasteiger partial charge in [-0.25, -0.2) is 0 Å². The molecule has 0 bridgehead atoms. The van der Waals surface area contributed by atoms with Crippen molar-refractivity contribution in [2.24, 2.45) is 0 Å². The summed E-state index contributed by atoms with van der Waals surface area (Å²) in [4.78, 5) is 0. The zero-order valence-corrected chi connectivity index (χ0v) is 13.4. The molecule has 1 heterocycles. The Morgan fingerprint density at radius 3 is 2.61 bits per heavy atom. The molecular weight excluding hydrogens is 408 g/mol. The first-order chi connectivity index (χ1) is 8.38. The summed E-state index contributed by atoms with van der Waals surface area (Å²) in [6, 6.07) is 5.13. The van der Waals surface area contributed by atoms with Crippen LogP contribution >= 0.6 is 43.2 Å². The molecule has 2 rings (SSSR count). The molecule has 1 aromatic carbocycles. The summed E-state index contributed by atoms with van der Waals surface area (Å²) in [6.45, 7) is 0. The second-order valence-electron chi connectivity index (χ2n) is 3.14. The van der Waals surface area contributed by atoms with E-state index < -0.39 is 10.0 Å². The highest BCUT2D eigenvalue weighted by atomic mass is 79.9. The Morgan fingerprint density at radius 2 is 2.00 bits per heavy atom. The predicted octanol–water partition coefficient (Wildman–Crippen LogP) is 2.45. The molecule has 3 N–H and O–H groups in total. The van der Waals surface area contributed by atoms with E-state index in [9.17, 15) is 8.42 Å². The zero-order valence-electron chi connectivity index (χ0n) is 8.59. The summed E-state index contributed by atoms with van der Waals surface area (Å²) < 4.78 is 27.6. The molecule has 0 spiro atoms. The number of benzene rings is 1. The number of aromatic nitrogens is 2. The SMILES string of the molecule is Nc1nnc(S(=O)(=O)Nc2cc(Br)ccc2Br)s1. The van der Waals surface area contributed by atoms with E-state index in [0.29, 0.717) is 10.2 Å². The van der Waals surface area contributed by atoms with E-state index in [-0.39, 0.29) is 9.47 Å². The number of hydrogen-bond acceptors (Lipinski definition) is 6. The fourth-order valence-electron chi connectivity index (χ4n) is 1.09. The van der Waals surface area contributed by atoms with Crippen molar-refractivity contribution in [3.8, 4) is 0 Å². The quantitative estimate of drug-likeness (QED) is 0.805. The number of nitrogens with zero attached hydrogens (tertiary/aromatic N) is 2. The lowest BCUT2D eigenvalue weighted by Crippen LogP contribution is -2.13. The minimum absolute atomic E-state index is 0.101. The number of nitrogens with one attached hydrogen (secondary N) is 1. The van der Waals surface area contributed by atoms with Crippen molar-refractivity contribution in [1.29, 1.82) is 0 Å². The van der Waals surface area contributed by atoms with Crippen molar-refractivity contribution >= 4 is 64.0 Å². The van der Waals surface area contributed by atoms with Gasteiger partial charge < -0.3 is 5.73 Å². The van der Waals surface area contributed by atoms with Crippen molar-refractivity contribution in [1.82, 2.24) is 10.2 Å². The molecular formula is C8H6Br2N4O2S2. The van der Waals surface area contributed by atoms with Crippen LogP contribution in [0, 0.1) is 0 Å². The van der Waals surface area contributed by atoms with Crippen molar-refractivity contribution < 1.29 is 8.42 Å². The van der Waals surface area contributed by atoms with Gasteiger partial charge in [-0.1, -0.05) is 27.3 Å². The third kappa shape index (κ3) is 2.99. The lowest BCUT2D eigenvalue weighted by molar-refractivity contribution is 0.599. The van der Waals surface area contributed by atoms with Gasteiger partial charge in [0.15, 0.2) is 0 Å². The molecule has 1 aromatic heterocycles. The van der Waals surface area contributed by atoms with Crippen LogP contribution in [0.3, 0.4) is 0 Å². The van der Waals surface area contributed by atoms with Crippen molar-refractivity contribution in [2.45, 2.75) is 4.34 Å². The predicted molar refractivity (Wildman–Crippen MR) is 77.0 cm³/mol. The van der Waals surface area contributed by atoms with Crippen LogP contribution in [0.2, 0.25) is 0 Å². The largest absolute Gasteiger partial charge is 0.374 e. The molecule has 0 unspecified atom stereocenters. The van der Waals surface area contributed by atoms with Crippen molar-refractivity contribution in [3.63, 3.8) is 0 Å². The fraction of sp³-hybridized carbons (Fsp3) is 0. The van der Waals surface area contributed by atoms with E-state index in [1.54, 1.807) is 18.2 Å². The molecule has 96 valence electrons. The molecule has 18 heavy (non-hydrogen) atoms. The van der Waals surface area contributed by atoms with Gasteiger partial charge in [-0.3, -0.25) is 4.72 Å². The van der Waals surface area contributed by atoms with Gasteiger partial charge in [-0.05, 0) is 34.1 Å². The highest BCUT2D eigenvalue weighted by Crippen LogP contribution is 2.29. The van der Waals surface area contributed by atoms with Gasteiger partial charge >= 0.3 is 0 Å². The lowest BCUT2D eigenvalue weighted by Gasteiger charge is -2.07. The van der Waals surface area contributed by atoms with Crippen LogP contribution in [-0.2, 0) is 10.0 Å². The standard InChI is InChI=1S/C8H6Br2N4O2S2/c9-4-1-2-5(10)6(3-4)14-18(15,16)8-13-12-7(11)17-8/h1-3,14H,(H2,11,12). The summed E-state index contributed by atoms with van der Waals surface area (Å²) in [5.74, 6) is 0. The Labute approximate surface area is 124 Å². The van der Waals surface area contributed by atoms with Crippen LogP contribution in [0.1, 0.15) is 0 Å². The second-order valence-corrected chi connectivity index (χ2v) is 7.77. The highest BCUT2D eigenvalue weighted by Gasteiger charge is 2.20. The molecule has 0 saturated heterocycles. The molecule has 0 aliphatic carbocycles. The number of halogens is 2. The molecule has 0 radical (unpaired) electrons. The van der Waals surface area contributed by atoms with Crippen LogP contribution in [0.25, 0.3) is 0 Å². The Balaban J connectivity index is 2.36. The van der Waals surface area contributed by atoms with Gasteiger partial charge in [-0.2, -0.15) is 8.42 Å². The Bertz CT molecular complexity index is 686. The molecule has 0 amide bonds. The summed E-state index contributed by atoms with van der Waals surface area (Å²) >= 11 is 7.32. The highest BCUT2D eigenvalue weighted by molar-refractivity contribution is 9.11. The molecule has 0 aliphatic rings. The number of rotatable bonds is 3. The molecule has 0 saturated carbocycles. The van der Waals surface area contributed by atoms with Crippen molar-refractivity contribution in [3.05, 3.63) is 27.1 Å². The number of sulfonamides is 1. The van der Waals surface area contributed by atoms with Crippen LogP contribution in [0.5, 0.6) is 0 Å². The van der Waals surface area contributed by atoms with Crippen molar-refractivity contribution in [2.75, 3.05) is 10.5 Å². The summed E-state index contributed by atoms with van der Waals surface area (Å²) in [5.41, 5.74) is 5.76. The number of nitrogen functional groups attached to an aromatic ring is 1. The monoisotopic (exact) mass is 412 g/mol. The molecule has 6 nitrogen and oxygen atoms in total. The third-order valence-corrected chi connectivity index (χ3v) is 5.49. The third-order valence-electron chi connectivity index (χ3n) is 1.82. The molecule has 10 heteroatoms. The molecule has 0 aliphatic heterocycles. The number of nitrogens with two attached hydrogens (primary N) is 1. The average Bonchev–Trinajstić information content (AvgIpc) is 2.71. The van der Waals surface area contributed by atoms with E-state index >= 15 is 0 Å². The van der Waals surface area contributed by atoms with E-state index in [4.69, 9.17) is 5.73 Å². The van der Waals surface area contributed by atoms with Gasteiger partial charge in [0.1, 0.15) is 0 Å². The van der Waals surface area contributed by atoms with E-state index in [1.165, 1.54) is 0 Å². The van der Waals surface area contributed by atoms with Gasteiger partial charge in [0, 0.05) is 8.95 Å². The van der Waals surface area contributed by atoms with Crippen LogP contribution in [0.4, 0.5) is 10.8 Å². The maximum Gasteiger partial charge on any atom is 0.291 e. The Kier molecular flexibility index (Phi) is 3.90. The van der Waals surface area contributed by atoms with E-state index in [0.717, 1.165) is 15.8 Å². The normalized spacial score (nSPS) is 11.4. The van der Waals surface area contributed by atoms with Gasteiger partial charge in [-0.15, -0.1) is 10.2 Å². The fourth-order valence-corrected chi connectivity index (χ4v) is 3.79. The van der Waals surface area contributed by atoms with E-state index in [2.05, 4.69) is 46.8 Å². The Morgan fingerprint density at radius 1 is 1.28 bits per heavy atom. The molecule has 0 fully saturated rings. The summed E-state index contributed by atoms with van der Waals surface area (Å²) in [5, 5.41) is 7.07. The van der Waals surface area contributed by atoms with Gasteiger partial charge in [0.2, 0.25) is 5.13 Å². The number of anilines is 2. The first-order valence-corrected chi connectivity index (χ1v) is 8.34. The molecule has 0 atom stereocenters. The van der Waals surface area contributed by atoms with Gasteiger partial charge in [0.05, 0.1) is 5.69 Å². The smallest absolute Gasteiger partial charge is 0.291 e. The summed E-state index contributed by atoms with van der Waals surface area (Å²) in [6.07, 6.45) is 0. The van der Waals surface area contributed by atoms with Crippen LogP contribution in [0.15, 0.2) is 31.5 Å². The minimum Gasteiger partial charge on any atom is -0.374 e. The van der Waals surface area contributed by atoms with Crippen LogP contribution in [-0.4, -0.2) is 18.6 Å². The maximum atomic E-state index is 12.0. The van der Waals surface area contributed by atoms with E-state index in [1.807, 2.05) is 0 Å². The minimum atomic E-state index is -3.77.